The molecule has 1 fully saturated rings. The number of hydrogen-bond acceptors (Lipinski definition) is 5. The Balaban J connectivity index is 1.55. The number of anilines is 1. The van der Waals surface area contributed by atoms with Gasteiger partial charge >= 0.3 is 0 Å². The van der Waals surface area contributed by atoms with Gasteiger partial charge in [0.15, 0.2) is 0 Å². The highest BCUT2D eigenvalue weighted by molar-refractivity contribution is 6.30. The maximum Gasteiger partial charge on any atom is 0.132 e. The Labute approximate surface area is 178 Å². The molecule has 1 atom stereocenters. The predicted octanol–water partition coefficient (Wildman–Crippen LogP) is 4.28. The van der Waals surface area contributed by atoms with E-state index in [4.69, 9.17) is 16.6 Å². The van der Waals surface area contributed by atoms with E-state index in [1.54, 1.807) is 12.3 Å². The number of fused-ring (bicyclic) bond motifs is 1. The van der Waals surface area contributed by atoms with Crippen LogP contribution in [-0.2, 0) is 0 Å². The zero-order valence-corrected chi connectivity index (χ0v) is 17.1. The van der Waals surface area contributed by atoms with Crippen LogP contribution < -0.4 is 10.2 Å². The van der Waals surface area contributed by atoms with Crippen molar-refractivity contribution in [3.05, 3.63) is 59.6 Å². The first-order valence-electron chi connectivity index (χ1n) is 9.81. The van der Waals surface area contributed by atoms with Crippen molar-refractivity contribution in [2.75, 3.05) is 25.0 Å². The minimum absolute atomic E-state index is 0.336. The van der Waals surface area contributed by atoms with Gasteiger partial charge in [0.1, 0.15) is 11.5 Å². The van der Waals surface area contributed by atoms with Crippen molar-refractivity contribution in [1.29, 1.82) is 0 Å². The maximum absolute atomic E-state index is 14.4. The Morgan fingerprint density at radius 2 is 2.07 bits per heavy atom. The quantitative estimate of drug-likeness (QED) is 0.513. The van der Waals surface area contributed by atoms with Crippen LogP contribution in [0, 0.1) is 5.82 Å². The summed E-state index contributed by atoms with van der Waals surface area (Å²) in [5, 5.41) is 10.9. The molecule has 0 aliphatic carbocycles. The third kappa shape index (κ3) is 3.40. The lowest BCUT2D eigenvalue weighted by Crippen LogP contribution is -2.29. The second-order valence-corrected chi connectivity index (χ2v) is 7.86. The van der Waals surface area contributed by atoms with Crippen LogP contribution in [0.2, 0.25) is 5.02 Å². The van der Waals surface area contributed by atoms with Crippen molar-refractivity contribution in [3.8, 4) is 22.5 Å². The Bertz CT molecular complexity index is 1220. The number of nitrogens with one attached hydrogen (secondary N) is 2. The van der Waals surface area contributed by atoms with Gasteiger partial charge < -0.3 is 10.2 Å². The van der Waals surface area contributed by atoms with Crippen molar-refractivity contribution < 1.29 is 4.39 Å². The first kappa shape index (κ1) is 19.0. The Morgan fingerprint density at radius 1 is 1.17 bits per heavy atom. The van der Waals surface area contributed by atoms with Gasteiger partial charge in [-0.05, 0) is 49.9 Å². The molecular weight excluding hydrogens is 403 g/mol. The molecule has 0 bridgehead atoms. The summed E-state index contributed by atoms with van der Waals surface area (Å²) in [6.07, 6.45) is 4.72. The van der Waals surface area contributed by atoms with Crippen molar-refractivity contribution >= 4 is 28.3 Å². The fraction of sp³-hybridized carbons (Fsp3) is 0.227. The molecule has 5 rings (SSSR count). The van der Waals surface area contributed by atoms with E-state index in [1.807, 2.05) is 25.4 Å². The number of hydrogen-bond donors (Lipinski definition) is 2. The highest BCUT2D eigenvalue weighted by Gasteiger charge is 2.22. The highest BCUT2D eigenvalue weighted by atomic mass is 35.5. The molecule has 0 radical (unpaired) electrons. The predicted molar refractivity (Wildman–Crippen MR) is 117 cm³/mol. The second-order valence-electron chi connectivity index (χ2n) is 7.42. The molecule has 1 saturated heterocycles. The normalized spacial score (nSPS) is 16.5. The summed E-state index contributed by atoms with van der Waals surface area (Å²) in [6.45, 7) is 1.93. The molecule has 0 saturated carbocycles. The summed E-state index contributed by atoms with van der Waals surface area (Å²) in [5.41, 5.74) is 4.87. The van der Waals surface area contributed by atoms with E-state index in [1.165, 1.54) is 12.1 Å². The van der Waals surface area contributed by atoms with E-state index in [0.717, 1.165) is 36.2 Å². The van der Waals surface area contributed by atoms with Gasteiger partial charge in [-0.3, -0.25) is 10.1 Å². The van der Waals surface area contributed by atoms with E-state index < -0.39 is 0 Å². The lowest BCUT2D eigenvalue weighted by molar-refractivity contribution is 0.617. The number of aromatic amines is 1. The molecule has 1 aliphatic heterocycles. The van der Waals surface area contributed by atoms with Crippen LogP contribution >= 0.6 is 11.6 Å². The van der Waals surface area contributed by atoms with Gasteiger partial charge in [0, 0.05) is 41.5 Å². The average Bonchev–Trinajstić information content (AvgIpc) is 3.44. The summed E-state index contributed by atoms with van der Waals surface area (Å²) in [5.74, 6) is -0.384. The van der Waals surface area contributed by atoms with Crippen LogP contribution in [0.25, 0.3) is 33.5 Å². The fourth-order valence-corrected chi connectivity index (χ4v) is 4.09. The molecule has 0 amide bonds. The molecule has 3 aromatic heterocycles. The van der Waals surface area contributed by atoms with Crippen LogP contribution in [0.5, 0.6) is 0 Å². The smallest absolute Gasteiger partial charge is 0.132 e. The molecule has 2 N–H and O–H groups in total. The monoisotopic (exact) mass is 422 g/mol. The summed E-state index contributed by atoms with van der Waals surface area (Å²) >= 11 is 6.07. The number of likely N-dealkylation sites (N-methyl/N-ethyl adjacent to an activating group) is 1. The molecule has 1 aliphatic rings. The minimum Gasteiger partial charge on any atom is -0.369 e. The van der Waals surface area contributed by atoms with Gasteiger partial charge in [-0.1, -0.05) is 11.6 Å². The lowest BCUT2D eigenvalue weighted by Gasteiger charge is -2.18. The molecule has 4 heterocycles. The van der Waals surface area contributed by atoms with Crippen molar-refractivity contribution in [1.82, 2.24) is 25.5 Å². The molecule has 0 spiro atoms. The van der Waals surface area contributed by atoms with E-state index in [9.17, 15) is 4.39 Å². The SMILES string of the molecule is CNC1CCN(c2cnc3ccc(-c4c[nH]nc4-c4cc(Cl)ccc4F)nc3c2)C1. The van der Waals surface area contributed by atoms with Crippen LogP contribution in [0.3, 0.4) is 0 Å². The fourth-order valence-electron chi connectivity index (χ4n) is 3.92. The van der Waals surface area contributed by atoms with Gasteiger partial charge in [-0.15, -0.1) is 0 Å². The van der Waals surface area contributed by atoms with Gasteiger partial charge in [0.05, 0.1) is 28.6 Å². The van der Waals surface area contributed by atoms with Crippen LogP contribution in [0.1, 0.15) is 6.42 Å². The summed E-state index contributed by atoms with van der Waals surface area (Å²) in [6, 6.07) is 10.8. The van der Waals surface area contributed by atoms with Crippen molar-refractivity contribution in [3.63, 3.8) is 0 Å². The Morgan fingerprint density at radius 3 is 2.90 bits per heavy atom. The van der Waals surface area contributed by atoms with Crippen LogP contribution in [0.15, 0.2) is 48.8 Å². The van der Waals surface area contributed by atoms with Crippen LogP contribution in [-0.4, -0.2) is 46.3 Å². The van der Waals surface area contributed by atoms with Gasteiger partial charge in [-0.25, -0.2) is 9.37 Å². The lowest BCUT2D eigenvalue weighted by atomic mass is 10.0. The molecule has 4 aromatic rings. The molecular formula is C22H20ClFN6. The average molecular weight is 423 g/mol. The summed E-state index contributed by atoms with van der Waals surface area (Å²) in [4.78, 5) is 11.7. The number of benzene rings is 1. The Kier molecular flexibility index (Phi) is 4.84. The van der Waals surface area contributed by atoms with E-state index in [-0.39, 0.29) is 5.82 Å². The topological polar surface area (TPSA) is 69.7 Å². The van der Waals surface area contributed by atoms with Crippen LogP contribution in [0.4, 0.5) is 10.1 Å². The number of nitrogens with zero attached hydrogens (tertiary/aromatic N) is 4. The molecule has 8 heteroatoms. The molecule has 152 valence electrons. The summed E-state index contributed by atoms with van der Waals surface area (Å²) < 4.78 is 14.4. The number of halogens is 2. The second kappa shape index (κ2) is 7.66. The van der Waals surface area contributed by atoms with Gasteiger partial charge in [0.2, 0.25) is 0 Å². The third-order valence-corrected chi connectivity index (χ3v) is 5.82. The zero-order valence-electron chi connectivity index (χ0n) is 16.4. The van der Waals surface area contributed by atoms with E-state index in [0.29, 0.717) is 33.6 Å². The first-order valence-corrected chi connectivity index (χ1v) is 10.2. The first-order chi connectivity index (χ1) is 14.6. The molecule has 30 heavy (non-hydrogen) atoms. The molecule has 1 unspecified atom stereocenters. The molecule has 6 nitrogen and oxygen atoms in total. The third-order valence-electron chi connectivity index (χ3n) is 5.58. The molecule has 1 aromatic carbocycles. The van der Waals surface area contributed by atoms with Gasteiger partial charge in [0.25, 0.3) is 0 Å². The van der Waals surface area contributed by atoms with E-state index in [2.05, 4.69) is 31.5 Å². The van der Waals surface area contributed by atoms with Gasteiger partial charge in [-0.2, -0.15) is 5.10 Å². The number of H-pyrrole nitrogens is 1. The maximum atomic E-state index is 14.4. The largest absolute Gasteiger partial charge is 0.369 e. The zero-order chi connectivity index (χ0) is 20.7. The minimum atomic E-state index is -0.384. The number of aromatic nitrogens is 4. The van der Waals surface area contributed by atoms with E-state index >= 15 is 0 Å². The Hall–Kier alpha value is -3.03. The number of pyridine rings is 2. The van der Waals surface area contributed by atoms with Crippen molar-refractivity contribution in [2.45, 2.75) is 12.5 Å². The standard InChI is InChI=1S/C22H20ClFN6/c1-25-14-6-7-30(12-14)15-9-21-20(26-10-15)5-4-19(28-21)17-11-27-29-22(17)16-8-13(23)2-3-18(16)24/h2-5,8-11,14,25H,6-7,12H2,1H3,(H,27,29). The summed E-state index contributed by atoms with van der Waals surface area (Å²) in [7, 11) is 1.99. The number of rotatable bonds is 4. The highest BCUT2D eigenvalue weighted by Crippen LogP contribution is 2.33. The van der Waals surface area contributed by atoms with Crippen molar-refractivity contribution in [2.24, 2.45) is 0 Å².